The van der Waals surface area contributed by atoms with E-state index in [-0.39, 0.29) is 0 Å². The molecule has 1 heterocycles. The van der Waals surface area contributed by atoms with Crippen molar-refractivity contribution in [3.63, 3.8) is 0 Å². The van der Waals surface area contributed by atoms with Crippen LogP contribution in [0.4, 0.5) is 0 Å². The van der Waals surface area contributed by atoms with Gasteiger partial charge in [-0.3, -0.25) is 0 Å². The summed E-state index contributed by atoms with van der Waals surface area (Å²) in [5.74, 6) is 0. The summed E-state index contributed by atoms with van der Waals surface area (Å²) < 4.78 is 1.30. The second-order valence-corrected chi connectivity index (χ2v) is 7.46. The highest BCUT2D eigenvalue weighted by molar-refractivity contribution is 14.1. The van der Waals surface area contributed by atoms with E-state index < -0.39 is 0 Å². The van der Waals surface area contributed by atoms with Crippen LogP contribution in [0.1, 0.15) is 51.0 Å². The molecule has 22 heavy (non-hydrogen) atoms. The first-order chi connectivity index (χ1) is 10.8. The Labute approximate surface area is 146 Å². The van der Waals surface area contributed by atoms with Crippen LogP contribution < -0.4 is 0 Å². The van der Waals surface area contributed by atoms with Crippen LogP contribution in [0, 0.1) is 3.57 Å². The van der Waals surface area contributed by atoms with Crippen LogP contribution in [-0.4, -0.2) is 4.98 Å². The molecule has 0 fully saturated rings. The van der Waals surface area contributed by atoms with Gasteiger partial charge in [-0.2, -0.15) is 0 Å². The summed E-state index contributed by atoms with van der Waals surface area (Å²) in [7, 11) is 0. The van der Waals surface area contributed by atoms with E-state index in [0.717, 1.165) is 0 Å². The van der Waals surface area contributed by atoms with Crippen molar-refractivity contribution in [2.24, 2.45) is 0 Å². The van der Waals surface area contributed by atoms with E-state index in [1.54, 1.807) is 0 Å². The third-order valence-corrected chi connectivity index (χ3v) is 5.12. The van der Waals surface area contributed by atoms with Crippen LogP contribution in [0.5, 0.6) is 0 Å². The Hall–Kier alpha value is -1.03. The van der Waals surface area contributed by atoms with Crippen LogP contribution in [-0.2, 0) is 6.42 Å². The first-order valence-corrected chi connectivity index (χ1v) is 9.55. The number of aromatic amines is 1. The number of halogens is 1. The molecular weight excluding hydrogens is 381 g/mol. The molecule has 0 amide bonds. The zero-order valence-electron chi connectivity index (χ0n) is 13.3. The van der Waals surface area contributed by atoms with Crippen LogP contribution in [0.15, 0.2) is 36.4 Å². The monoisotopic (exact) mass is 405 g/mol. The lowest BCUT2D eigenvalue weighted by Crippen LogP contribution is -1.86. The van der Waals surface area contributed by atoms with E-state index >= 15 is 0 Å². The first-order valence-electron chi connectivity index (χ1n) is 8.48. The van der Waals surface area contributed by atoms with Gasteiger partial charge in [-0.25, -0.2) is 0 Å². The highest BCUT2D eigenvalue weighted by Crippen LogP contribution is 2.28. The van der Waals surface area contributed by atoms with Gasteiger partial charge in [-0.05, 0) is 71.3 Å². The van der Waals surface area contributed by atoms with Crippen molar-refractivity contribution in [3.05, 3.63) is 45.5 Å². The summed E-state index contributed by atoms with van der Waals surface area (Å²) in [6.45, 7) is 2.28. The molecule has 3 aromatic rings. The Bertz CT molecular complexity index is 757. The van der Waals surface area contributed by atoms with Crippen molar-refractivity contribution in [3.8, 4) is 0 Å². The van der Waals surface area contributed by atoms with Crippen LogP contribution in [0.2, 0.25) is 0 Å². The number of aryl methyl sites for hydroxylation is 1. The highest BCUT2D eigenvalue weighted by atomic mass is 127. The zero-order chi connectivity index (χ0) is 15.4. The number of fused-ring (bicyclic) bond motifs is 3. The Balaban J connectivity index is 1.72. The predicted molar refractivity (Wildman–Crippen MR) is 106 cm³/mol. The average molecular weight is 405 g/mol. The number of hydrogen-bond acceptors (Lipinski definition) is 0. The van der Waals surface area contributed by atoms with Gasteiger partial charge in [0.15, 0.2) is 0 Å². The van der Waals surface area contributed by atoms with Crippen molar-refractivity contribution < 1.29 is 0 Å². The minimum atomic E-state index is 1.21. The molecule has 2 heteroatoms. The third kappa shape index (κ3) is 3.65. The first kappa shape index (κ1) is 15.9. The molecule has 1 N–H and O–H groups in total. The van der Waals surface area contributed by atoms with Gasteiger partial charge in [0.1, 0.15) is 0 Å². The minimum absolute atomic E-state index is 1.21. The molecule has 0 aliphatic carbocycles. The van der Waals surface area contributed by atoms with E-state index in [9.17, 15) is 0 Å². The molecule has 0 unspecified atom stereocenters. The second kappa shape index (κ2) is 7.49. The largest absolute Gasteiger partial charge is 0.355 e. The quantitative estimate of drug-likeness (QED) is 0.328. The molecule has 0 atom stereocenters. The number of unbranched alkanes of at least 4 members (excludes halogenated alkanes) is 5. The number of benzene rings is 2. The molecule has 0 radical (unpaired) electrons. The van der Waals surface area contributed by atoms with Crippen LogP contribution in [0.3, 0.4) is 0 Å². The van der Waals surface area contributed by atoms with Crippen molar-refractivity contribution in [2.75, 3.05) is 0 Å². The Morgan fingerprint density at radius 1 is 0.818 bits per heavy atom. The topological polar surface area (TPSA) is 15.8 Å². The van der Waals surface area contributed by atoms with E-state index in [2.05, 4.69) is 70.9 Å². The maximum Gasteiger partial charge on any atom is 0.0465 e. The van der Waals surface area contributed by atoms with Crippen LogP contribution in [0.25, 0.3) is 21.8 Å². The van der Waals surface area contributed by atoms with E-state index in [0.29, 0.717) is 0 Å². The number of rotatable bonds is 7. The average Bonchev–Trinajstić information content (AvgIpc) is 2.88. The summed E-state index contributed by atoms with van der Waals surface area (Å²) in [4.78, 5) is 3.52. The van der Waals surface area contributed by atoms with E-state index in [4.69, 9.17) is 0 Å². The highest BCUT2D eigenvalue weighted by Gasteiger charge is 2.05. The lowest BCUT2D eigenvalue weighted by Gasteiger charge is -2.03. The number of H-pyrrole nitrogens is 1. The molecule has 0 bridgehead atoms. The molecule has 0 saturated heterocycles. The Morgan fingerprint density at radius 2 is 1.50 bits per heavy atom. The molecule has 0 spiro atoms. The fourth-order valence-corrected chi connectivity index (χ4v) is 3.67. The zero-order valence-corrected chi connectivity index (χ0v) is 15.4. The van der Waals surface area contributed by atoms with Crippen molar-refractivity contribution >= 4 is 44.4 Å². The number of nitrogens with one attached hydrogen (secondary N) is 1. The normalized spacial score (nSPS) is 11.5. The SMILES string of the molecule is CCCCCCCCc1ccc2[nH]c3ccc(I)cc3c2c1. The lowest BCUT2D eigenvalue weighted by atomic mass is 10.0. The summed E-state index contributed by atoms with van der Waals surface area (Å²) in [6, 6.07) is 13.5. The van der Waals surface area contributed by atoms with Crippen molar-refractivity contribution in [2.45, 2.75) is 51.9 Å². The molecule has 0 saturated carbocycles. The fraction of sp³-hybridized carbons (Fsp3) is 0.400. The maximum atomic E-state index is 3.52. The standard InChI is InChI=1S/C20H24IN/c1-2-3-4-5-6-7-8-15-9-11-19-17(13-15)18-14-16(21)10-12-20(18)22-19/h9-14,22H,2-8H2,1H3. The molecule has 2 aromatic carbocycles. The smallest absolute Gasteiger partial charge is 0.0465 e. The molecule has 0 aliphatic rings. The van der Waals surface area contributed by atoms with Gasteiger partial charge in [-0.1, -0.05) is 45.1 Å². The van der Waals surface area contributed by atoms with Gasteiger partial charge in [0.2, 0.25) is 0 Å². The summed E-state index contributed by atoms with van der Waals surface area (Å²) >= 11 is 2.39. The second-order valence-electron chi connectivity index (χ2n) is 6.21. The molecule has 0 aliphatic heterocycles. The van der Waals surface area contributed by atoms with Crippen molar-refractivity contribution in [1.82, 2.24) is 4.98 Å². The van der Waals surface area contributed by atoms with Gasteiger partial charge >= 0.3 is 0 Å². The lowest BCUT2D eigenvalue weighted by molar-refractivity contribution is 0.607. The molecule has 116 valence electrons. The number of hydrogen-bond donors (Lipinski definition) is 1. The summed E-state index contributed by atoms with van der Waals surface area (Å²) in [5.41, 5.74) is 3.97. The molecule has 1 nitrogen and oxygen atoms in total. The molecule has 1 aromatic heterocycles. The molecular formula is C20H24IN. The Morgan fingerprint density at radius 3 is 2.32 bits per heavy atom. The number of aromatic nitrogens is 1. The van der Waals surface area contributed by atoms with Crippen LogP contribution >= 0.6 is 22.6 Å². The minimum Gasteiger partial charge on any atom is -0.355 e. The third-order valence-electron chi connectivity index (χ3n) is 4.44. The molecule has 3 rings (SSSR count). The van der Waals surface area contributed by atoms with E-state index in [1.165, 1.54) is 75.9 Å². The van der Waals surface area contributed by atoms with E-state index in [1.807, 2.05) is 0 Å². The van der Waals surface area contributed by atoms with Gasteiger partial charge < -0.3 is 4.98 Å². The fourth-order valence-electron chi connectivity index (χ4n) is 3.18. The van der Waals surface area contributed by atoms with Gasteiger partial charge in [0.05, 0.1) is 0 Å². The summed E-state index contributed by atoms with van der Waals surface area (Å²) in [6.07, 6.45) is 9.39. The predicted octanol–water partition coefficient (Wildman–Crippen LogP) is 6.83. The van der Waals surface area contributed by atoms with Crippen molar-refractivity contribution in [1.29, 1.82) is 0 Å². The van der Waals surface area contributed by atoms with Gasteiger partial charge in [0.25, 0.3) is 0 Å². The Kier molecular flexibility index (Phi) is 5.40. The summed E-state index contributed by atoms with van der Waals surface area (Å²) in [5, 5.41) is 2.73. The maximum absolute atomic E-state index is 3.52. The van der Waals surface area contributed by atoms with Gasteiger partial charge in [0, 0.05) is 25.4 Å². The van der Waals surface area contributed by atoms with Gasteiger partial charge in [-0.15, -0.1) is 0 Å².